The molecular weight excluding hydrogens is 440 g/mol. The lowest BCUT2D eigenvalue weighted by molar-refractivity contribution is -0.231. The summed E-state index contributed by atoms with van der Waals surface area (Å²) >= 11 is 6.39. The summed E-state index contributed by atoms with van der Waals surface area (Å²) in [6, 6.07) is 12.6. The predicted molar refractivity (Wildman–Crippen MR) is 115 cm³/mol. The van der Waals surface area contributed by atoms with E-state index in [0.29, 0.717) is 29.4 Å². The van der Waals surface area contributed by atoms with Crippen LogP contribution in [0.25, 0.3) is 0 Å². The van der Waals surface area contributed by atoms with Crippen LogP contribution in [-0.2, 0) is 15.9 Å². The molecule has 0 amide bonds. The van der Waals surface area contributed by atoms with Crippen LogP contribution in [0.4, 0.5) is 0 Å². The van der Waals surface area contributed by atoms with Gasteiger partial charge in [-0.2, -0.15) is 0 Å². The van der Waals surface area contributed by atoms with Crippen LogP contribution >= 0.6 is 11.6 Å². The number of ether oxygens (including phenoxy) is 3. The van der Waals surface area contributed by atoms with Gasteiger partial charge in [0.1, 0.15) is 48.5 Å². The fourth-order valence-corrected chi connectivity index (χ4v) is 4.19. The number of hydrogen-bond donors (Lipinski definition) is 5. The molecule has 2 aliphatic heterocycles. The highest BCUT2D eigenvalue weighted by atomic mass is 35.5. The Balaban J connectivity index is 1.48. The number of aliphatic hydroxyl groups excluding tert-OH is 5. The smallest absolute Gasteiger partial charge is 0.150 e. The minimum atomic E-state index is -1.44. The van der Waals surface area contributed by atoms with Gasteiger partial charge in [0.05, 0.1) is 19.8 Å². The first-order valence-electron chi connectivity index (χ1n) is 10.5. The highest BCUT2D eigenvalue weighted by molar-refractivity contribution is 6.31. The lowest BCUT2D eigenvalue weighted by Crippen LogP contribution is -2.55. The van der Waals surface area contributed by atoms with Gasteiger partial charge in [0.2, 0.25) is 0 Å². The van der Waals surface area contributed by atoms with Gasteiger partial charge >= 0.3 is 0 Å². The van der Waals surface area contributed by atoms with Crippen molar-refractivity contribution in [1.29, 1.82) is 0 Å². The van der Waals surface area contributed by atoms with Gasteiger partial charge in [0, 0.05) is 5.02 Å². The zero-order valence-corrected chi connectivity index (χ0v) is 18.0. The third-order valence-corrected chi connectivity index (χ3v) is 6.26. The summed E-state index contributed by atoms with van der Waals surface area (Å²) in [6.45, 7) is 0.135. The monoisotopic (exact) mass is 466 g/mol. The van der Waals surface area contributed by atoms with Crippen molar-refractivity contribution < 1.29 is 39.7 Å². The Bertz CT molecular complexity index is 905. The summed E-state index contributed by atoms with van der Waals surface area (Å²) in [5.41, 5.74) is 2.33. The molecule has 7 atom stereocenters. The summed E-state index contributed by atoms with van der Waals surface area (Å²) < 4.78 is 16.6. The molecule has 2 aromatic carbocycles. The summed E-state index contributed by atoms with van der Waals surface area (Å²) in [6.07, 6.45) is -6.62. The molecule has 0 radical (unpaired) electrons. The molecule has 1 unspecified atom stereocenters. The number of rotatable bonds is 6. The van der Waals surface area contributed by atoms with E-state index in [2.05, 4.69) is 0 Å². The van der Waals surface area contributed by atoms with E-state index in [1.54, 1.807) is 18.2 Å². The molecule has 2 aliphatic rings. The van der Waals surface area contributed by atoms with E-state index in [4.69, 9.17) is 25.8 Å². The van der Waals surface area contributed by atoms with Crippen molar-refractivity contribution in [2.75, 3.05) is 19.8 Å². The molecule has 5 N–H and O–H groups in total. The van der Waals surface area contributed by atoms with Crippen LogP contribution in [0.15, 0.2) is 42.5 Å². The minimum Gasteiger partial charge on any atom is -0.485 e. The van der Waals surface area contributed by atoms with E-state index in [-0.39, 0.29) is 12.7 Å². The van der Waals surface area contributed by atoms with Gasteiger partial charge in [-0.3, -0.25) is 0 Å². The van der Waals surface area contributed by atoms with Crippen molar-refractivity contribution >= 4 is 11.6 Å². The molecule has 2 fully saturated rings. The maximum absolute atomic E-state index is 10.4. The number of hydrogen-bond acceptors (Lipinski definition) is 8. The molecule has 0 aromatic heterocycles. The first kappa shape index (κ1) is 23.4. The normalized spacial score (nSPS) is 32.8. The molecule has 2 saturated heterocycles. The van der Waals surface area contributed by atoms with E-state index >= 15 is 0 Å². The zero-order chi connectivity index (χ0) is 22.8. The average molecular weight is 467 g/mol. The van der Waals surface area contributed by atoms with E-state index in [0.717, 1.165) is 11.1 Å². The Morgan fingerprint density at radius 1 is 0.938 bits per heavy atom. The maximum Gasteiger partial charge on any atom is 0.150 e. The van der Waals surface area contributed by atoms with Crippen LogP contribution in [0.2, 0.25) is 5.02 Å². The predicted octanol–water partition coefficient (Wildman–Crippen LogP) is 0.584. The first-order valence-corrected chi connectivity index (χ1v) is 10.9. The van der Waals surface area contributed by atoms with Crippen LogP contribution in [0.3, 0.4) is 0 Å². The second-order valence-corrected chi connectivity index (χ2v) is 8.59. The molecule has 32 heavy (non-hydrogen) atoms. The standard InChI is InChI=1S/C23H27ClO8/c24-16-6-3-13(23-22(29)21(28)20(27)18(9-25)32-23)8-14(16)7-12-1-4-15(5-2-12)31-19-11-30-10-17(19)26/h1-6,8,17-23,25-29H,7,9-11H2/t17?,18-,19+,20-,21+,22-,23+/m1/s1. The molecule has 0 bridgehead atoms. The molecule has 2 heterocycles. The summed E-state index contributed by atoms with van der Waals surface area (Å²) in [4.78, 5) is 0. The molecule has 174 valence electrons. The van der Waals surface area contributed by atoms with Crippen molar-refractivity contribution in [1.82, 2.24) is 0 Å². The Hall–Kier alpha value is -1.75. The molecule has 0 spiro atoms. The number of halogens is 1. The lowest BCUT2D eigenvalue weighted by Gasteiger charge is -2.40. The zero-order valence-electron chi connectivity index (χ0n) is 17.3. The molecular formula is C23H27ClO8. The van der Waals surface area contributed by atoms with Gasteiger partial charge in [-0.05, 0) is 41.3 Å². The SMILES string of the molecule is OC[C@H]1O[C@@H](c2ccc(Cl)c(Cc3ccc(O[C@H]4COCC4O)cc3)c2)[C@H](O)[C@@H](O)[C@@H]1O. The molecule has 2 aromatic rings. The fourth-order valence-electron chi connectivity index (χ4n) is 4.00. The van der Waals surface area contributed by atoms with Crippen molar-refractivity contribution in [2.24, 2.45) is 0 Å². The fraction of sp³-hybridized carbons (Fsp3) is 0.478. The van der Waals surface area contributed by atoms with Crippen molar-refractivity contribution in [3.63, 3.8) is 0 Å². The largest absolute Gasteiger partial charge is 0.485 e. The molecule has 0 saturated carbocycles. The number of aliphatic hydroxyl groups is 5. The Morgan fingerprint density at radius 3 is 2.34 bits per heavy atom. The number of benzene rings is 2. The Morgan fingerprint density at radius 2 is 1.69 bits per heavy atom. The van der Waals surface area contributed by atoms with E-state index in [1.807, 2.05) is 24.3 Å². The van der Waals surface area contributed by atoms with Gasteiger partial charge in [-0.15, -0.1) is 0 Å². The van der Waals surface area contributed by atoms with Crippen LogP contribution in [0, 0.1) is 0 Å². The van der Waals surface area contributed by atoms with Crippen LogP contribution in [0.1, 0.15) is 22.8 Å². The van der Waals surface area contributed by atoms with Crippen molar-refractivity contribution in [3.8, 4) is 5.75 Å². The van der Waals surface area contributed by atoms with E-state index < -0.39 is 43.2 Å². The van der Waals surface area contributed by atoms with Gasteiger partial charge < -0.3 is 39.7 Å². The Kier molecular flexibility index (Phi) is 7.34. The summed E-state index contributed by atoms with van der Waals surface area (Å²) in [5, 5.41) is 50.2. The molecule has 9 heteroatoms. The van der Waals surface area contributed by atoms with Gasteiger partial charge in [-0.1, -0.05) is 35.9 Å². The molecule has 4 rings (SSSR count). The topological polar surface area (TPSA) is 129 Å². The van der Waals surface area contributed by atoms with E-state index in [1.165, 1.54) is 0 Å². The quantitative estimate of drug-likeness (QED) is 0.418. The van der Waals surface area contributed by atoms with Gasteiger partial charge in [0.15, 0.2) is 0 Å². The third kappa shape index (κ3) is 4.93. The lowest BCUT2D eigenvalue weighted by atomic mass is 9.90. The van der Waals surface area contributed by atoms with Gasteiger partial charge in [0.25, 0.3) is 0 Å². The molecule has 8 nitrogen and oxygen atoms in total. The maximum atomic E-state index is 10.4. The average Bonchev–Trinajstić information content (AvgIpc) is 3.19. The second kappa shape index (κ2) is 10.0. The first-order chi connectivity index (χ1) is 15.4. The van der Waals surface area contributed by atoms with E-state index in [9.17, 15) is 25.5 Å². The minimum absolute atomic E-state index is 0.270. The molecule has 0 aliphatic carbocycles. The highest BCUT2D eigenvalue weighted by Gasteiger charge is 2.44. The summed E-state index contributed by atoms with van der Waals surface area (Å²) in [5.74, 6) is 0.629. The van der Waals surface area contributed by atoms with Crippen LogP contribution < -0.4 is 4.74 Å². The van der Waals surface area contributed by atoms with Crippen molar-refractivity contribution in [2.45, 2.75) is 49.1 Å². The van der Waals surface area contributed by atoms with Crippen molar-refractivity contribution in [3.05, 3.63) is 64.2 Å². The van der Waals surface area contributed by atoms with Crippen LogP contribution in [-0.4, -0.2) is 82.0 Å². The third-order valence-electron chi connectivity index (χ3n) is 5.90. The second-order valence-electron chi connectivity index (χ2n) is 8.18. The summed E-state index contributed by atoms with van der Waals surface area (Å²) in [7, 11) is 0. The van der Waals surface area contributed by atoms with Gasteiger partial charge in [-0.25, -0.2) is 0 Å². The Labute approximate surface area is 190 Å². The highest BCUT2D eigenvalue weighted by Crippen LogP contribution is 2.34. The van der Waals surface area contributed by atoms with Crippen LogP contribution in [0.5, 0.6) is 5.75 Å².